The number of fused-ring (bicyclic) bond motifs is 1. The van der Waals surface area contributed by atoms with Crippen LogP contribution in [0, 0.1) is 0 Å². The van der Waals surface area contributed by atoms with Gasteiger partial charge in [0.25, 0.3) is 0 Å². The lowest BCUT2D eigenvalue weighted by atomic mass is 10.1. The third kappa shape index (κ3) is 1.40. The van der Waals surface area contributed by atoms with E-state index in [9.17, 15) is 5.11 Å². The maximum absolute atomic E-state index is 9.87. The zero-order valence-corrected chi connectivity index (χ0v) is 8.42. The van der Waals surface area contributed by atoms with Gasteiger partial charge in [0, 0.05) is 16.8 Å². The van der Waals surface area contributed by atoms with Crippen LogP contribution in [0.5, 0.6) is 0 Å². The zero-order valence-electron chi connectivity index (χ0n) is 8.42. The molecule has 16 heavy (non-hydrogen) atoms. The van der Waals surface area contributed by atoms with Crippen molar-refractivity contribution in [3.63, 3.8) is 0 Å². The topological polar surface area (TPSA) is 58.3 Å². The number of rotatable bonds is 1. The summed E-state index contributed by atoms with van der Waals surface area (Å²) in [5.74, 6) is 0.632. The predicted octanol–water partition coefficient (Wildman–Crippen LogP) is 1.96. The Kier molecular flexibility index (Phi) is 2.01. The lowest BCUT2D eigenvalue weighted by Gasteiger charge is -2.03. The van der Waals surface area contributed by atoms with Gasteiger partial charge in [-0.3, -0.25) is 0 Å². The Morgan fingerprint density at radius 3 is 3.06 bits per heavy atom. The van der Waals surface area contributed by atoms with Crippen LogP contribution in [0.2, 0.25) is 0 Å². The monoisotopic (exact) mass is 214 g/mol. The van der Waals surface area contributed by atoms with Crippen LogP contribution in [-0.2, 0) is 0 Å². The molecule has 4 heteroatoms. The average Bonchev–Trinajstić information content (AvgIpc) is 2.89. The molecule has 0 aliphatic carbocycles. The number of anilines is 1. The van der Waals surface area contributed by atoms with Gasteiger partial charge in [0.05, 0.1) is 6.20 Å². The molecule has 1 aliphatic heterocycles. The number of aliphatic hydroxyl groups excluding tert-OH is 1. The van der Waals surface area contributed by atoms with Gasteiger partial charge in [-0.15, -0.1) is 0 Å². The van der Waals surface area contributed by atoms with E-state index in [0.717, 1.165) is 16.8 Å². The van der Waals surface area contributed by atoms with Crippen molar-refractivity contribution in [1.82, 2.24) is 4.98 Å². The van der Waals surface area contributed by atoms with Crippen LogP contribution < -0.4 is 5.32 Å². The first kappa shape index (κ1) is 9.18. The Balaban J connectivity index is 2.08. The van der Waals surface area contributed by atoms with Crippen molar-refractivity contribution in [2.45, 2.75) is 6.23 Å². The summed E-state index contributed by atoms with van der Waals surface area (Å²) in [5, 5.41) is 12.9. The molecular weight excluding hydrogens is 204 g/mol. The fourth-order valence-corrected chi connectivity index (χ4v) is 1.84. The molecule has 3 rings (SSSR count). The summed E-state index contributed by atoms with van der Waals surface area (Å²) >= 11 is 0. The number of benzene rings is 1. The lowest BCUT2D eigenvalue weighted by molar-refractivity contribution is 0.266. The maximum Gasteiger partial charge on any atom is 0.181 e. The van der Waals surface area contributed by atoms with E-state index < -0.39 is 6.23 Å². The fourth-order valence-electron chi connectivity index (χ4n) is 1.84. The molecule has 0 radical (unpaired) electrons. The van der Waals surface area contributed by atoms with Crippen LogP contribution in [0.15, 0.2) is 41.3 Å². The molecule has 1 unspecified atom stereocenters. The van der Waals surface area contributed by atoms with Crippen molar-refractivity contribution in [2.24, 2.45) is 0 Å². The molecule has 0 saturated carbocycles. The average molecular weight is 214 g/mol. The first-order valence-corrected chi connectivity index (χ1v) is 4.99. The van der Waals surface area contributed by atoms with E-state index in [4.69, 9.17) is 4.42 Å². The van der Waals surface area contributed by atoms with Crippen molar-refractivity contribution in [2.75, 3.05) is 5.32 Å². The normalized spacial score (nSPS) is 20.8. The maximum atomic E-state index is 9.87. The first-order chi connectivity index (χ1) is 7.84. The van der Waals surface area contributed by atoms with Crippen molar-refractivity contribution >= 4 is 17.3 Å². The van der Waals surface area contributed by atoms with E-state index >= 15 is 0 Å². The lowest BCUT2D eigenvalue weighted by Crippen LogP contribution is -2.12. The third-order valence-corrected chi connectivity index (χ3v) is 2.57. The number of nitrogens with one attached hydrogen (secondary N) is 1. The largest absolute Gasteiger partial charge is 0.444 e. The third-order valence-electron chi connectivity index (χ3n) is 2.57. The number of para-hydroxylation sites is 1. The highest BCUT2D eigenvalue weighted by Crippen LogP contribution is 2.34. The molecule has 80 valence electrons. The predicted molar refractivity (Wildman–Crippen MR) is 60.4 cm³/mol. The Hall–Kier alpha value is -2.07. The highest BCUT2D eigenvalue weighted by Gasteiger charge is 2.23. The molecule has 1 atom stereocenters. The van der Waals surface area contributed by atoms with E-state index in [-0.39, 0.29) is 0 Å². The van der Waals surface area contributed by atoms with Crippen LogP contribution in [0.25, 0.3) is 11.6 Å². The number of aromatic nitrogens is 1. The highest BCUT2D eigenvalue weighted by molar-refractivity contribution is 5.93. The van der Waals surface area contributed by atoms with E-state index in [1.807, 2.05) is 24.3 Å². The molecule has 4 nitrogen and oxygen atoms in total. The van der Waals surface area contributed by atoms with Gasteiger partial charge >= 0.3 is 0 Å². The molecular formula is C12H10N2O2. The molecule has 0 spiro atoms. The molecule has 0 amide bonds. The molecule has 0 saturated heterocycles. The molecule has 1 aromatic carbocycles. The summed E-state index contributed by atoms with van der Waals surface area (Å²) < 4.78 is 5.13. The van der Waals surface area contributed by atoms with E-state index in [2.05, 4.69) is 10.3 Å². The quantitative estimate of drug-likeness (QED) is 0.761. The number of oxazole rings is 1. The fraction of sp³-hybridized carbons (Fsp3) is 0.0833. The van der Waals surface area contributed by atoms with Gasteiger partial charge < -0.3 is 14.8 Å². The minimum Gasteiger partial charge on any atom is -0.444 e. The summed E-state index contributed by atoms with van der Waals surface area (Å²) in [7, 11) is 0. The van der Waals surface area contributed by atoms with Crippen LogP contribution >= 0.6 is 0 Å². The second kappa shape index (κ2) is 3.50. The minimum atomic E-state index is -0.692. The minimum absolute atomic E-state index is 0.632. The zero-order chi connectivity index (χ0) is 11.0. The van der Waals surface area contributed by atoms with Crippen molar-refractivity contribution in [3.05, 3.63) is 48.2 Å². The number of hydrogen-bond acceptors (Lipinski definition) is 4. The second-order valence-corrected chi connectivity index (χ2v) is 3.60. The smallest absolute Gasteiger partial charge is 0.181 e. The van der Waals surface area contributed by atoms with Crippen LogP contribution in [0.1, 0.15) is 11.3 Å². The Morgan fingerprint density at radius 2 is 2.25 bits per heavy atom. The van der Waals surface area contributed by atoms with E-state index in [1.165, 1.54) is 6.39 Å². The Bertz CT molecular complexity index is 532. The standard InChI is InChI=1S/C12H10N2O2/c15-12-10(5-8-6-13-7-16-8)9-3-1-2-4-11(9)14-12/h1-7,12,14-15H/b10-5-. The van der Waals surface area contributed by atoms with Crippen molar-refractivity contribution in [3.8, 4) is 0 Å². The molecule has 1 aromatic heterocycles. The summed E-state index contributed by atoms with van der Waals surface area (Å²) in [6, 6.07) is 7.75. The molecule has 0 bridgehead atoms. The molecule has 2 heterocycles. The summed E-state index contributed by atoms with van der Waals surface area (Å²) in [6.07, 6.45) is 4.08. The van der Waals surface area contributed by atoms with Gasteiger partial charge in [-0.05, 0) is 12.1 Å². The number of hydrogen-bond donors (Lipinski definition) is 2. The van der Waals surface area contributed by atoms with Gasteiger partial charge in [-0.25, -0.2) is 4.98 Å². The Labute approximate surface area is 92.2 Å². The van der Waals surface area contributed by atoms with Gasteiger partial charge in [-0.1, -0.05) is 18.2 Å². The van der Waals surface area contributed by atoms with Crippen molar-refractivity contribution < 1.29 is 9.52 Å². The van der Waals surface area contributed by atoms with Crippen molar-refractivity contribution in [1.29, 1.82) is 0 Å². The summed E-state index contributed by atoms with van der Waals surface area (Å²) in [5.41, 5.74) is 2.72. The summed E-state index contributed by atoms with van der Waals surface area (Å²) in [4.78, 5) is 3.83. The molecule has 2 N–H and O–H groups in total. The van der Waals surface area contributed by atoms with Gasteiger partial charge in [0.2, 0.25) is 0 Å². The Morgan fingerprint density at radius 1 is 1.38 bits per heavy atom. The van der Waals surface area contributed by atoms with Crippen LogP contribution in [0.3, 0.4) is 0 Å². The van der Waals surface area contributed by atoms with Crippen LogP contribution in [0.4, 0.5) is 5.69 Å². The van der Waals surface area contributed by atoms with Gasteiger partial charge in [0.15, 0.2) is 12.6 Å². The molecule has 2 aromatic rings. The summed E-state index contributed by atoms with van der Waals surface area (Å²) in [6.45, 7) is 0. The van der Waals surface area contributed by atoms with Crippen LogP contribution in [-0.4, -0.2) is 16.3 Å². The first-order valence-electron chi connectivity index (χ1n) is 4.99. The van der Waals surface area contributed by atoms with E-state index in [1.54, 1.807) is 12.3 Å². The highest BCUT2D eigenvalue weighted by atomic mass is 16.3. The SMILES string of the molecule is OC1Nc2ccccc2/C1=C/c1cnco1. The molecule has 0 fully saturated rings. The number of nitrogens with zero attached hydrogens (tertiary/aromatic N) is 1. The number of aliphatic hydroxyl groups is 1. The second-order valence-electron chi connectivity index (χ2n) is 3.60. The van der Waals surface area contributed by atoms with Gasteiger partial charge in [0.1, 0.15) is 5.76 Å². The molecule has 1 aliphatic rings. The van der Waals surface area contributed by atoms with E-state index in [0.29, 0.717) is 5.76 Å². The van der Waals surface area contributed by atoms with Gasteiger partial charge in [-0.2, -0.15) is 0 Å².